The van der Waals surface area contributed by atoms with Crippen LogP contribution in [-0.2, 0) is 11.3 Å². The molecule has 0 saturated heterocycles. The molecule has 1 atom stereocenters. The maximum Gasteiger partial charge on any atom is 0.335 e. The molecule has 0 radical (unpaired) electrons. The van der Waals surface area contributed by atoms with Crippen molar-refractivity contribution in [3.05, 3.63) is 59.5 Å². The molecule has 2 rings (SSSR count). The zero-order valence-electron chi connectivity index (χ0n) is 11.9. The summed E-state index contributed by atoms with van der Waals surface area (Å²) in [5, 5.41) is 12.3. The number of methoxy groups -OCH3 is 1. The Balaban J connectivity index is 1.96. The summed E-state index contributed by atoms with van der Waals surface area (Å²) in [4.78, 5) is 10.8. The Kier molecular flexibility index (Phi) is 5.54. The fraction of sp³-hybridized carbons (Fsp3) is 0.312. The number of furan rings is 1. The van der Waals surface area contributed by atoms with Gasteiger partial charge < -0.3 is 19.6 Å². The second kappa shape index (κ2) is 7.61. The minimum absolute atomic E-state index is 0.0686. The first kappa shape index (κ1) is 15.3. The average molecular weight is 289 g/mol. The lowest BCUT2D eigenvalue weighted by Crippen LogP contribution is -2.22. The highest BCUT2D eigenvalue weighted by Crippen LogP contribution is 2.18. The SMILES string of the molecule is COCCC(NCc1ccc(C(=O)O)cc1)c1ccco1. The molecule has 1 heterocycles. The van der Waals surface area contributed by atoms with Gasteiger partial charge in [0.2, 0.25) is 0 Å². The second-order valence-electron chi connectivity index (χ2n) is 4.73. The minimum atomic E-state index is -0.914. The van der Waals surface area contributed by atoms with Gasteiger partial charge in [0.15, 0.2) is 0 Å². The normalized spacial score (nSPS) is 12.2. The van der Waals surface area contributed by atoms with E-state index in [1.807, 2.05) is 24.3 Å². The summed E-state index contributed by atoms with van der Waals surface area (Å²) in [6, 6.07) is 10.7. The van der Waals surface area contributed by atoms with Crippen molar-refractivity contribution >= 4 is 5.97 Å². The van der Waals surface area contributed by atoms with Gasteiger partial charge in [0.05, 0.1) is 17.9 Å². The van der Waals surface area contributed by atoms with E-state index in [1.165, 1.54) is 0 Å². The quantitative estimate of drug-likeness (QED) is 0.782. The lowest BCUT2D eigenvalue weighted by atomic mass is 10.1. The molecule has 112 valence electrons. The molecule has 21 heavy (non-hydrogen) atoms. The van der Waals surface area contributed by atoms with E-state index in [0.717, 1.165) is 17.7 Å². The minimum Gasteiger partial charge on any atom is -0.478 e. The smallest absolute Gasteiger partial charge is 0.335 e. The number of carboxylic acids is 1. The third-order valence-corrected chi connectivity index (χ3v) is 3.25. The monoisotopic (exact) mass is 289 g/mol. The summed E-state index contributed by atoms with van der Waals surface area (Å²) in [5.74, 6) is -0.0442. The van der Waals surface area contributed by atoms with Crippen LogP contribution in [0.25, 0.3) is 0 Å². The number of carbonyl (C=O) groups is 1. The van der Waals surface area contributed by atoms with Crippen LogP contribution >= 0.6 is 0 Å². The largest absolute Gasteiger partial charge is 0.478 e. The number of aromatic carboxylic acids is 1. The maximum absolute atomic E-state index is 10.8. The fourth-order valence-electron chi connectivity index (χ4n) is 2.08. The van der Waals surface area contributed by atoms with Crippen LogP contribution in [-0.4, -0.2) is 24.8 Å². The van der Waals surface area contributed by atoms with E-state index in [1.54, 1.807) is 25.5 Å². The molecule has 0 amide bonds. The van der Waals surface area contributed by atoms with Crippen molar-refractivity contribution in [2.45, 2.75) is 19.0 Å². The highest BCUT2D eigenvalue weighted by Gasteiger charge is 2.13. The first-order chi connectivity index (χ1) is 10.2. The Morgan fingerprint density at radius 1 is 1.33 bits per heavy atom. The maximum atomic E-state index is 10.8. The Bertz CT molecular complexity index is 548. The van der Waals surface area contributed by atoms with Gasteiger partial charge in [-0.15, -0.1) is 0 Å². The number of benzene rings is 1. The highest BCUT2D eigenvalue weighted by atomic mass is 16.5. The van der Waals surface area contributed by atoms with E-state index in [-0.39, 0.29) is 6.04 Å². The van der Waals surface area contributed by atoms with Crippen LogP contribution in [0, 0.1) is 0 Å². The van der Waals surface area contributed by atoms with Crippen LogP contribution in [0.15, 0.2) is 47.1 Å². The van der Waals surface area contributed by atoms with Gasteiger partial charge in [-0.1, -0.05) is 12.1 Å². The molecule has 0 fully saturated rings. The van der Waals surface area contributed by atoms with Gasteiger partial charge in [-0.3, -0.25) is 0 Å². The second-order valence-corrected chi connectivity index (χ2v) is 4.73. The standard InChI is InChI=1S/C16H19NO4/c1-20-10-8-14(15-3-2-9-21-15)17-11-12-4-6-13(7-5-12)16(18)19/h2-7,9,14,17H,8,10-11H2,1H3,(H,18,19). The molecule has 1 unspecified atom stereocenters. The summed E-state index contributed by atoms with van der Waals surface area (Å²) < 4.78 is 10.6. The number of hydrogen-bond acceptors (Lipinski definition) is 4. The number of rotatable bonds is 8. The van der Waals surface area contributed by atoms with Crippen molar-refractivity contribution < 1.29 is 19.1 Å². The molecule has 5 heteroatoms. The van der Waals surface area contributed by atoms with Crippen molar-refractivity contribution in [2.75, 3.05) is 13.7 Å². The van der Waals surface area contributed by atoms with Crippen LogP contribution in [0.4, 0.5) is 0 Å². The topological polar surface area (TPSA) is 71.7 Å². The Hall–Kier alpha value is -2.11. The molecular formula is C16H19NO4. The summed E-state index contributed by atoms with van der Waals surface area (Å²) in [6.45, 7) is 1.27. The molecule has 0 aliphatic heterocycles. The molecular weight excluding hydrogens is 270 g/mol. The molecule has 5 nitrogen and oxygen atoms in total. The predicted molar refractivity (Wildman–Crippen MR) is 78.2 cm³/mol. The van der Waals surface area contributed by atoms with Crippen molar-refractivity contribution in [1.82, 2.24) is 5.32 Å². The molecule has 0 aliphatic carbocycles. The molecule has 1 aromatic heterocycles. The zero-order chi connectivity index (χ0) is 15.1. The van der Waals surface area contributed by atoms with Crippen molar-refractivity contribution in [1.29, 1.82) is 0 Å². The molecule has 0 spiro atoms. The third-order valence-electron chi connectivity index (χ3n) is 3.25. The van der Waals surface area contributed by atoms with Crippen LogP contribution < -0.4 is 5.32 Å². The lowest BCUT2D eigenvalue weighted by Gasteiger charge is -2.16. The van der Waals surface area contributed by atoms with Gasteiger partial charge in [0, 0.05) is 20.3 Å². The van der Waals surface area contributed by atoms with Crippen LogP contribution in [0.1, 0.15) is 34.1 Å². The van der Waals surface area contributed by atoms with Gasteiger partial charge in [-0.2, -0.15) is 0 Å². The third kappa shape index (κ3) is 4.44. The van der Waals surface area contributed by atoms with E-state index in [9.17, 15) is 4.79 Å². The predicted octanol–water partition coefficient (Wildman–Crippen LogP) is 2.85. The van der Waals surface area contributed by atoms with Crippen molar-refractivity contribution in [3.8, 4) is 0 Å². The molecule has 2 aromatic rings. The number of hydrogen-bond donors (Lipinski definition) is 2. The summed E-state index contributed by atoms with van der Waals surface area (Å²) in [5.41, 5.74) is 1.31. The zero-order valence-corrected chi connectivity index (χ0v) is 11.9. The van der Waals surface area contributed by atoms with E-state index >= 15 is 0 Å². The molecule has 1 aromatic carbocycles. The van der Waals surface area contributed by atoms with E-state index in [2.05, 4.69) is 5.32 Å². The average Bonchev–Trinajstić information content (AvgIpc) is 3.02. The van der Waals surface area contributed by atoms with Crippen molar-refractivity contribution in [2.24, 2.45) is 0 Å². The van der Waals surface area contributed by atoms with E-state index in [4.69, 9.17) is 14.3 Å². The molecule has 2 N–H and O–H groups in total. The van der Waals surface area contributed by atoms with Crippen LogP contribution in [0.2, 0.25) is 0 Å². The number of carboxylic acid groups (broad SMARTS) is 1. The Morgan fingerprint density at radius 2 is 2.10 bits per heavy atom. The number of ether oxygens (including phenoxy) is 1. The van der Waals surface area contributed by atoms with Gasteiger partial charge in [-0.05, 0) is 36.2 Å². The first-order valence-corrected chi connectivity index (χ1v) is 6.78. The number of nitrogens with one attached hydrogen (secondary N) is 1. The molecule has 0 saturated carbocycles. The summed E-state index contributed by atoms with van der Waals surface area (Å²) in [7, 11) is 1.67. The van der Waals surface area contributed by atoms with Crippen molar-refractivity contribution in [3.63, 3.8) is 0 Å². The fourth-order valence-corrected chi connectivity index (χ4v) is 2.08. The first-order valence-electron chi connectivity index (χ1n) is 6.78. The molecule has 0 aliphatic rings. The highest BCUT2D eigenvalue weighted by molar-refractivity contribution is 5.87. The van der Waals surface area contributed by atoms with Crippen LogP contribution in [0.3, 0.4) is 0 Å². The Morgan fingerprint density at radius 3 is 2.67 bits per heavy atom. The van der Waals surface area contributed by atoms with Gasteiger partial charge in [-0.25, -0.2) is 4.79 Å². The van der Waals surface area contributed by atoms with E-state index < -0.39 is 5.97 Å². The summed E-state index contributed by atoms with van der Waals surface area (Å²) in [6.07, 6.45) is 2.45. The van der Waals surface area contributed by atoms with Gasteiger partial charge >= 0.3 is 5.97 Å². The lowest BCUT2D eigenvalue weighted by molar-refractivity contribution is 0.0697. The van der Waals surface area contributed by atoms with Gasteiger partial charge in [0.25, 0.3) is 0 Å². The Labute approximate surface area is 123 Å². The van der Waals surface area contributed by atoms with Gasteiger partial charge in [0.1, 0.15) is 5.76 Å². The molecule has 0 bridgehead atoms. The van der Waals surface area contributed by atoms with E-state index in [0.29, 0.717) is 18.7 Å². The summed E-state index contributed by atoms with van der Waals surface area (Å²) >= 11 is 0. The van der Waals surface area contributed by atoms with Crippen LogP contribution in [0.5, 0.6) is 0 Å².